The minimum atomic E-state index is 1.03. The number of nitrogens with zero attached hydrogens (tertiary/aromatic N) is 2. The molecular weight excluding hydrogens is 114 g/mol. The molecular formula is C6H5N3+. The number of anilines is 1. The van der Waals surface area contributed by atoms with E-state index in [1.54, 1.807) is 18.6 Å². The van der Waals surface area contributed by atoms with Gasteiger partial charge in [-0.2, -0.15) is 0 Å². The van der Waals surface area contributed by atoms with Gasteiger partial charge in [-0.15, -0.1) is 5.43 Å². The summed E-state index contributed by atoms with van der Waals surface area (Å²) in [6.07, 6.45) is 5.27. The second-order valence-electron chi connectivity index (χ2n) is 1.83. The van der Waals surface area contributed by atoms with Gasteiger partial charge in [-0.25, -0.2) is 0 Å². The molecule has 2 rings (SSSR count). The van der Waals surface area contributed by atoms with Gasteiger partial charge >= 0.3 is 0 Å². The van der Waals surface area contributed by atoms with E-state index in [0.717, 1.165) is 11.3 Å². The second kappa shape index (κ2) is 1.55. The summed E-state index contributed by atoms with van der Waals surface area (Å²) in [6.45, 7) is 0. The molecule has 0 saturated carbocycles. The Morgan fingerprint density at radius 3 is 3.44 bits per heavy atom. The molecule has 1 aromatic rings. The summed E-state index contributed by atoms with van der Waals surface area (Å²) in [4.78, 5) is 3.93. The smallest absolute Gasteiger partial charge is 0.264 e. The Balaban J connectivity index is 2.63. The van der Waals surface area contributed by atoms with Crippen LogP contribution in [0.5, 0.6) is 0 Å². The standard InChI is InChI=1S/C6H5N3/c1-2-7-3-5-4-8-9-6(1)5/h1-4,9H/q+1. The van der Waals surface area contributed by atoms with Crippen molar-refractivity contribution in [2.24, 2.45) is 0 Å². The quantitative estimate of drug-likeness (QED) is 0.529. The Kier molecular flexibility index (Phi) is 0.773. The van der Waals surface area contributed by atoms with Crippen LogP contribution in [0, 0.1) is 0 Å². The normalized spacial score (nSPS) is 12.9. The lowest BCUT2D eigenvalue weighted by atomic mass is 10.3. The first-order valence-electron chi connectivity index (χ1n) is 2.70. The van der Waals surface area contributed by atoms with Crippen LogP contribution in [-0.4, -0.2) is 11.2 Å². The Bertz CT molecular complexity index is 254. The number of nitrogens with one attached hydrogen (secondary N) is 1. The average molecular weight is 119 g/mol. The lowest BCUT2D eigenvalue weighted by molar-refractivity contribution is 1.24. The predicted molar refractivity (Wildman–Crippen MR) is 35.2 cm³/mol. The third-order valence-electron chi connectivity index (χ3n) is 1.24. The van der Waals surface area contributed by atoms with Gasteiger partial charge in [0.15, 0.2) is 5.10 Å². The zero-order valence-corrected chi connectivity index (χ0v) is 4.70. The molecule has 0 saturated heterocycles. The van der Waals surface area contributed by atoms with Crippen LogP contribution in [0.25, 0.3) is 0 Å². The van der Waals surface area contributed by atoms with Crippen LogP contribution in [0.1, 0.15) is 5.56 Å². The number of hydrazone groups is 1. The van der Waals surface area contributed by atoms with Crippen molar-refractivity contribution in [2.75, 3.05) is 5.43 Å². The van der Waals surface area contributed by atoms with Gasteiger partial charge in [-0.1, -0.05) is 0 Å². The first kappa shape index (κ1) is 4.49. The van der Waals surface area contributed by atoms with E-state index in [2.05, 4.69) is 15.5 Å². The van der Waals surface area contributed by atoms with Crippen molar-refractivity contribution in [3.8, 4) is 0 Å². The molecule has 1 N–H and O–H groups in total. The number of hydrogen-bond acceptors (Lipinski definition) is 3. The number of fused-ring (bicyclic) bond motifs is 1. The van der Waals surface area contributed by atoms with Crippen molar-refractivity contribution in [1.29, 1.82) is 0 Å². The molecule has 1 radical (unpaired) electrons. The molecule has 0 bridgehead atoms. The molecule has 43 valence electrons. The summed E-state index contributed by atoms with van der Waals surface area (Å²) in [5.74, 6) is 0. The summed E-state index contributed by atoms with van der Waals surface area (Å²) < 4.78 is 0. The molecule has 3 heteroatoms. The molecule has 0 atom stereocenters. The van der Waals surface area contributed by atoms with E-state index < -0.39 is 0 Å². The van der Waals surface area contributed by atoms with Crippen LogP contribution >= 0.6 is 0 Å². The molecule has 1 aliphatic rings. The number of pyridine rings is 1. The molecule has 0 spiro atoms. The van der Waals surface area contributed by atoms with Crippen molar-refractivity contribution in [3.63, 3.8) is 0 Å². The van der Waals surface area contributed by atoms with Crippen molar-refractivity contribution in [2.45, 2.75) is 0 Å². The van der Waals surface area contributed by atoms with E-state index in [0.29, 0.717) is 0 Å². The molecule has 1 aromatic heterocycles. The maximum Gasteiger partial charge on any atom is 0.286 e. The van der Waals surface area contributed by atoms with Crippen LogP contribution in [-0.2, 0) is 0 Å². The van der Waals surface area contributed by atoms with Gasteiger partial charge in [0.25, 0.3) is 6.21 Å². The van der Waals surface area contributed by atoms with E-state index >= 15 is 0 Å². The van der Waals surface area contributed by atoms with Crippen LogP contribution in [0.15, 0.2) is 18.5 Å². The molecule has 0 aromatic carbocycles. The van der Waals surface area contributed by atoms with Gasteiger partial charge in [0.05, 0.1) is 5.56 Å². The monoisotopic (exact) mass is 119 g/mol. The molecule has 0 aliphatic carbocycles. The fourth-order valence-corrected chi connectivity index (χ4v) is 0.783. The van der Waals surface area contributed by atoms with Gasteiger partial charge in [0.2, 0.25) is 0 Å². The first-order valence-corrected chi connectivity index (χ1v) is 2.70. The fourth-order valence-electron chi connectivity index (χ4n) is 0.783. The van der Waals surface area contributed by atoms with Gasteiger partial charge in [0.1, 0.15) is 5.69 Å². The van der Waals surface area contributed by atoms with Crippen LogP contribution < -0.4 is 10.5 Å². The molecule has 2 heterocycles. The van der Waals surface area contributed by atoms with E-state index in [-0.39, 0.29) is 0 Å². The Hall–Kier alpha value is -1.38. The third kappa shape index (κ3) is 0.579. The lowest BCUT2D eigenvalue weighted by Crippen LogP contribution is -1.92. The maximum absolute atomic E-state index is 3.93. The summed E-state index contributed by atoms with van der Waals surface area (Å²) >= 11 is 0. The van der Waals surface area contributed by atoms with E-state index in [1.807, 2.05) is 6.07 Å². The molecule has 0 unspecified atom stereocenters. The number of rotatable bonds is 0. The largest absolute Gasteiger partial charge is 0.286 e. The summed E-state index contributed by atoms with van der Waals surface area (Å²) in [5.41, 5.74) is 4.92. The number of aromatic nitrogens is 1. The van der Waals surface area contributed by atoms with Crippen molar-refractivity contribution < 1.29 is 0 Å². The van der Waals surface area contributed by atoms with Crippen LogP contribution in [0.4, 0.5) is 5.69 Å². The maximum atomic E-state index is 3.93. The zero-order chi connectivity index (χ0) is 6.10. The van der Waals surface area contributed by atoms with Crippen molar-refractivity contribution in [3.05, 3.63) is 24.0 Å². The van der Waals surface area contributed by atoms with Crippen LogP contribution in [0.2, 0.25) is 0 Å². The predicted octanol–water partition coefficient (Wildman–Crippen LogP) is 0.177. The first-order chi connectivity index (χ1) is 4.47. The SMILES string of the molecule is C1=[N+]Nc2ccncc21. The molecule has 3 nitrogen and oxygen atoms in total. The highest BCUT2D eigenvalue weighted by atomic mass is 15.3. The topological polar surface area (TPSA) is 39.0 Å². The fraction of sp³-hybridized carbons (Fsp3) is 0. The molecule has 9 heavy (non-hydrogen) atoms. The van der Waals surface area contributed by atoms with Gasteiger partial charge in [-0.3, -0.25) is 4.98 Å². The molecule has 1 aliphatic heterocycles. The van der Waals surface area contributed by atoms with Gasteiger partial charge in [-0.05, 0) is 6.07 Å². The highest BCUT2D eigenvalue weighted by Gasteiger charge is 2.12. The third-order valence-corrected chi connectivity index (χ3v) is 1.24. The van der Waals surface area contributed by atoms with Crippen molar-refractivity contribution >= 4 is 11.9 Å². The zero-order valence-electron chi connectivity index (χ0n) is 4.70. The average Bonchev–Trinajstić information content (AvgIpc) is 2.33. The summed E-state index contributed by atoms with van der Waals surface area (Å²) in [5, 5.41) is 3.84. The van der Waals surface area contributed by atoms with Crippen molar-refractivity contribution in [1.82, 2.24) is 10.1 Å². The summed E-state index contributed by atoms with van der Waals surface area (Å²) in [6, 6.07) is 1.89. The minimum Gasteiger partial charge on any atom is -0.264 e. The lowest BCUT2D eigenvalue weighted by Gasteiger charge is -1.85. The minimum absolute atomic E-state index is 1.03. The van der Waals surface area contributed by atoms with E-state index in [1.165, 1.54) is 0 Å². The van der Waals surface area contributed by atoms with Gasteiger partial charge < -0.3 is 0 Å². The highest BCUT2D eigenvalue weighted by molar-refractivity contribution is 5.89. The highest BCUT2D eigenvalue weighted by Crippen LogP contribution is 2.11. The second-order valence-corrected chi connectivity index (χ2v) is 1.83. The van der Waals surface area contributed by atoms with Gasteiger partial charge in [0, 0.05) is 12.4 Å². The Labute approximate surface area is 52.4 Å². The Morgan fingerprint density at radius 1 is 1.56 bits per heavy atom. The Morgan fingerprint density at radius 2 is 2.56 bits per heavy atom. The molecule has 0 amide bonds. The number of hydrogen-bond donors (Lipinski definition) is 1. The molecule has 0 fully saturated rings. The van der Waals surface area contributed by atoms with E-state index in [4.69, 9.17) is 0 Å². The summed E-state index contributed by atoms with van der Waals surface area (Å²) in [7, 11) is 0. The van der Waals surface area contributed by atoms with Crippen LogP contribution in [0.3, 0.4) is 0 Å². The van der Waals surface area contributed by atoms with E-state index in [9.17, 15) is 0 Å².